The molecule has 3 aromatic rings. The lowest BCUT2D eigenvalue weighted by atomic mass is 9.91. The van der Waals surface area contributed by atoms with E-state index in [1.54, 1.807) is 14.2 Å². The molecule has 1 aliphatic heterocycles. The Labute approximate surface area is 147 Å². The van der Waals surface area contributed by atoms with E-state index in [1.807, 2.05) is 53.4 Å². The largest absolute Gasteiger partial charge is 0.496 e. The number of fused-ring (bicyclic) bond motifs is 2. The van der Waals surface area contributed by atoms with E-state index in [9.17, 15) is 0 Å². The minimum Gasteiger partial charge on any atom is -0.496 e. The third-order valence-corrected chi connectivity index (χ3v) is 4.79. The number of methoxy groups -OCH3 is 2. The molecule has 1 N–H and O–H groups in total. The number of anilines is 1. The van der Waals surface area contributed by atoms with Crippen molar-refractivity contribution in [3.8, 4) is 11.5 Å². The summed E-state index contributed by atoms with van der Waals surface area (Å²) in [5.41, 5.74) is 3.17. The summed E-state index contributed by atoms with van der Waals surface area (Å²) < 4.78 is 11.5. The topological polar surface area (TPSA) is 45.6 Å². The van der Waals surface area contributed by atoms with E-state index in [0.717, 1.165) is 39.1 Å². The van der Waals surface area contributed by atoms with Gasteiger partial charge >= 0.3 is 0 Å². The van der Waals surface area contributed by atoms with Gasteiger partial charge in [-0.3, -0.25) is 5.41 Å². The molecule has 3 aromatic carbocycles. The van der Waals surface area contributed by atoms with Gasteiger partial charge in [0.1, 0.15) is 17.3 Å². The predicted molar refractivity (Wildman–Crippen MR) is 101 cm³/mol. The number of nitrogens with one attached hydrogen (secondary N) is 1. The van der Waals surface area contributed by atoms with Gasteiger partial charge in [-0.15, -0.1) is 0 Å². The Hall–Kier alpha value is -3.01. The molecule has 4 nitrogen and oxygen atoms in total. The highest BCUT2D eigenvalue weighted by Crippen LogP contribution is 2.44. The van der Waals surface area contributed by atoms with Crippen LogP contribution < -0.4 is 14.4 Å². The second kappa shape index (κ2) is 6.13. The molecule has 25 heavy (non-hydrogen) atoms. The maximum Gasteiger partial charge on any atom is 0.132 e. The van der Waals surface area contributed by atoms with E-state index in [0.29, 0.717) is 18.8 Å². The molecule has 4 heteroatoms. The van der Waals surface area contributed by atoms with Crippen molar-refractivity contribution in [3.63, 3.8) is 0 Å². The van der Waals surface area contributed by atoms with Crippen LogP contribution >= 0.6 is 0 Å². The maximum absolute atomic E-state index is 8.55. The lowest BCUT2D eigenvalue weighted by molar-refractivity contribution is 0.402. The molecule has 1 heterocycles. The van der Waals surface area contributed by atoms with Crippen LogP contribution in [0.5, 0.6) is 11.5 Å². The molecule has 0 aromatic heterocycles. The summed E-state index contributed by atoms with van der Waals surface area (Å²) in [7, 11) is 3.41. The molecular formula is C21H20N2O2. The van der Waals surface area contributed by atoms with Crippen LogP contribution in [0.4, 0.5) is 5.69 Å². The van der Waals surface area contributed by atoms with Crippen molar-refractivity contribution in [2.45, 2.75) is 13.0 Å². The van der Waals surface area contributed by atoms with E-state index in [1.165, 1.54) is 0 Å². The monoisotopic (exact) mass is 332 g/mol. The average Bonchev–Trinajstić information content (AvgIpc) is 2.66. The van der Waals surface area contributed by atoms with Crippen LogP contribution in [0.3, 0.4) is 0 Å². The highest BCUT2D eigenvalue weighted by molar-refractivity contribution is 6.03. The van der Waals surface area contributed by atoms with Crippen molar-refractivity contribution in [3.05, 3.63) is 65.7 Å². The third-order valence-electron chi connectivity index (χ3n) is 4.79. The van der Waals surface area contributed by atoms with Gasteiger partial charge in [0.25, 0.3) is 0 Å². The molecule has 0 spiro atoms. The summed E-state index contributed by atoms with van der Waals surface area (Å²) in [6.45, 7) is 0.600. The molecule has 0 saturated carbocycles. The van der Waals surface area contributed by atoms with Gasteiger partial charge in [0.15, 0.2) is 0 Å². The number of nitrogens with zero attached hydrogens (tertiary/aromatic N) is 1. The number of para-hydroxylation sites is 1. The van der Waals surface area contributed by atoms with Crippen molar-refractivity contribution in [2.75, 3.05) is 19.1 Å². The van der Waals surface area contributed by atoms with Crippen LogP contribution in [-0.2, 0) is 13.0 Å². The maximum atomic E-state index is 8.55. The zero-order chi connectivity index (χ0) is 17.4. The van der Waals surface area contributed by atoms with Crippen LogP contribution in [0.1, 0.15) is 11.1 Å². The van der Waals surface area contributed by atoms with E-state index in [4.69, 9.17) is 14.9 Å². The number of rotatable bonds is 3. The average molecular weight is 332 g/mol. The Morgan fingerprint density at radius 1 is 0.800 bits per heavy atom. The fourth-order valence-electron chi connectivity index (χ4n) is 3.67. The van der Waals surface area contributed by atoms with Gasteiger partial charge in [0.2, 0.25) is 0 Å². The van der Waals surface area contributed by atoms with Gasteiger partial charge in [-0.2, -0.15) is 0 Å². The summed E-state index contributed by atoms with van der Waals surface area (Å²) >= 11 is 0. The van der Waals surface area contributed by atoms with Crippen LogP contribution in [0.15, 0.2) is 54.6 Å². The first-order valence-electron chi connectivity index (χ1n) is 8.29. The Morgan fingerprint density at radius 3 is 1.96 bits per heavy atom. The van der Waals surface area contributed by atoms with E-state index < -0.39 is 0 Å². The van der Waals surface area contributed by atoms with Gasteiger partial charge in [-0.05, 0) is 12.1 Å². The number of amidine groups is 1. The van der Waals surface area contributed by atoms with Gasteiger partial charge < -0.3 is 14.4 Å². The van der Waals surface area contributed by atoms with Crippen molar-refractivity contribution >= 4 is 22.3 Å². The zero-order valence-electron chi connectivity index (χ0n) is 14.4. The van der Waals surface area contributed by atoms with Gasteiger partial charge in [0.05, 0.1) is 20.8 Å². The Kier molecular flexibility index (Phi) is 3.80. The van der Waals surface area contributed by atoms with Crippen LogP contribution in [0.2, 0.25) is 0 Å². The normalized spacial score (nSPS) is 13.7. The fourth-order valence-corrected chi connectivity index (χ4v) is 3.67. The number of benzene rings is 3. The molecule has 0 radical (unpaired) electrons. The summed E-state index contributed by atoms with van der Waals surface area (Å²) in [5.74, 6) is 2.29. The molecule has 0 unspecified atom stereocenters. The molecule has 0 saturated heterocycles. The minimum atomic E-state index is 0.522. The predicted octanol–water partition coefficient (Wildman–Crippen LogP) is 4.40. The van der Waals surface area contributed by atoms with Gasteiger partial charge in [0, 0.05) is 34.0 Å². The highest BCUT2D eigenvalue weighted by Gasteiger charge is 2.29. The highest BCUT2D eigenvalue weighted by atomic mass is 16.5. The smallest absolute Gasteiger partial charge is 0.132 e. The Balaban J connectivity index is 1.95. The van der Waals surface area contributed by atoms with Crippen molar-refractivity contribution in [1.82, 2.24) is 0 Å². The van der Waals surface area contributed by atoms with E-state index in [2.05, 4.69) is 6.07 Å². The molecule has 0 amide bonds. The lowest BCUT2D eigenvalue weighted by Gasteiger charge is -2.33. The number of hydrogen-bond acceptors (Lipinski definition) is 3. The number of ether oxygens (including phenoxy) is 2. The quantitative estimate of drug-likeness (QED) is 0.773. The van der Waals surface area contributed by atoms with Gasteiger partial charge in [-0.25, -0.2) is 0 Å². The van der Waals surface area contributed by atoms with E-state index in [-0.39, 0.29) is 0 Å². The fraction of sp³-hybridized carbons (Fsp3) is 0.190. The Bertz CT molecular complexity index is 951. The first-order chi connectivity index (χ1) is 12.2. The molecule has 0 atom stereocenters. The summed E-state index contributed by atoms with van der Waals surface area (Å²) in [6, 6.07) is 18.2. The first kappa shape index (κ1) is 15.5. The third kappa shape index (κ3) is 2.41. The van der Waals surface area contributed by atoms with Crippen LogP contribution in [-0.4, -0.2) is 20.1 Å². The molecule has 0 bridgehead atoms. The SMILES string of the molecule is COc1c2c(c(OC)c3ccccc13)CN(c1ccccc1)C(=N)C2. The Morgan fingerprint density at radius 2 is 1.36 bits per heavy atom. The first-order valence-corrected chi connectivity index (χ1v) is 8.29. The molecule has 4 rings (SSSR count). The minimum absolute atomic E-state index is 0.522. The van der Waals surface area contributed by atoms with Crippen LogP contribution in [0.25, 0.3) is 10.8 Å². The van der Waals surface area contributed by atoms with Gasteiger partial charge in [-0.1, -0.05) is 42.5 Å². The summed E-state index contributed by atoms with van der Waals surface area (Å²) in [5, 5.41) is 10.6. The molecule has 0 fully saturated rings. The second-order valence-electron chi connectivity index (χ2n) is 6.11. The standard InChI is InChI=1S/C21H20N2O2/c1-24-20-15-10-6-7-11-16(15)21(25-2)18-13-23(19(22)12-17(18)20)14-8-4-3-5-9-14/h3-11,22H,12-13H2,1-2H3. The van der Waals surface area contributed by atoms with E-state index >= 15 is 0 Å². The lowest BCUT2D eigenvalue weighted by Crippen LogP contribution is -2.36. The molecule has 0 aliphatic carbocycles. The van der Waals surface area contributed by atoms with Crippen LogP contribution in [0, 0.1) is 5.41 Å². The summed E-state index contributed by atoms with van der Waals surface area (Å²) in [6.07, 6.45) is 0.522. The molecule has 1 aliphatic rings. The second-order valence-corrected chi connectivity index (χ2v) is 6.11. The zero-order valence-corrected chi connectivity index (χ0v) is 14.4. The van der Waals surface area contributed by atoms with Crippen molar-refractivity contribution in [1.29, 1.82) is 5.41 Å². The van der Waals surface area contributed by atoms with Crippen molar-refractivity contribution < 1.29 is 9.47 Å². The number of hydrogen-bond donors (Lipinski definition) is 1. The summed E-state index contributed by atoms with van der Waals surface area (Å²) in [4.78, 5) is 2.03. The molecular weight excluding hydrogens is 312 g/mol. The molecule has 126 valence electrons. The van der Waals surface area contributed by atoms with Crippen molar-refractivity contribution in [2.24, 2.45) is 0 Å².